The van der Waals surface area contributed by atoms with Gasteiger partial charge in [-0.2, -0.15) is 0 Å². The van der Waals surface area contributed by atoms with Crippen molar-refractivity contribution in [3.05, 3.63) is 63.2 Å². The Kier molecular flexibility index (Phi) is 5.64. The van der Waals surface area contributed by atoms with Crippen LogP contribution in [0.2, 0.25) is 5.02 Å². The Labute approximate surface area is 143 Å². The van der Waals surface area contributed by atoms with Gasteiger partial charge in [-0.05, 0) is 36.9 Å². The highest BCUT2D eigenvalue weighted by molar-refractivity contribution is 7.98. The molecular formula is C14H13ClN2O4S2. The van der Waals surface area contributed by atoms with Gasteiger partial charge in [-0.3, -0.25) is 10.1 Å². The average molecular weight is 373 g/mol. The van der Waals surface area contributed by atoms with Crippen molar-refractivity contribution >= 4 is 39.1 Å². The second-order valence-electron chi connectivity index (χ2n) is 4.51. The van der Waals surface area contributed by atoms with E-state index in [-0.39, 0.29) is 10.6 Å². The molecule has 0 aliphatic carbocycles. The molecule has 0 spiro atoms. The number of nitro benzene ring substituents is 1. The lowest BCUT2D eigenvalue weighted by Crippen LogP contribution is -2.18. The Morgan fingerprint density at radius 2 is 1.87 bits per heavy atom. The van der Waals surface area contributed by atoms with E-state index in [4.69, 9.17) is 11.6 Å². The fourth-order valence-corrected chi connectivity index (χ4v) is 3.62. The van der Waals surface area contributed by atoms with Crippen molar-refractivity contribution in [2.24, 2.45) is 0 Å². The second-order valence-corrected chi connectivity index (χ2v) is 7.85. The van der Waals surface area contributed by atoms with E-state index < -0.39 is 14.9 Å². The third-order valence-electron chi connectivity index (χ3n) is 3.01. The van der Waals surface area contributed by atoms with Crippen molar-refractivity contribution < 1.29 is 13.3 Å². The number of sulfonamides is 1. The number of benzene rings is 2. The van der Waals surface area contributed by atoms with Gasteiger partial charge in [0.15, 0.2) is 0 Å². The van der Waals surface area contributed by atoms with E-state index in [1.165, 1.54) is 30.9 Å². The maximum atomic E-state index is 11.7. The van der Waals surface area contributed by atoms with Gasteiger partial charge in [0.2, 0.25) is 10.0 Å². The van der Waals surface area contributed by atoms with Gasteiger partial charge >= 0.3 is 0 Å². The van der Waals surface area contributed by atoms with Crippen LogP contribution in [0, 0.1) is 10.1 Å². The number of hydrogen-bond acceptors (Lipinski definition) is 5. The number of nitro groups is 1. The number of hydrogen-bond donors (Lipinski definition) is 1. The SMILES string of the molecule is CNS(=O)(=O)c1ccc(SCc2ccc(Cl)cc2)c([N+](=O)[O-])c1. The molecule has 2 rings (SSSR count). The largest absolute Gasteiger partial charge is 0.284 e. The minimum absolute atomic E-state index is 0.137. The Bertz CT molecular complexity index is 823. The number of nitrogens with one attached hydrogen (secondary N) is 1. The second kappa shape index (κ2) is 7.31. The predicted molar refractivity (Wildman–Crippen MR) is 90.4 cm³/mol. The van der Waals surface area contributed by atoms with E-state index in [2.05, 4.69) is 4.72 Å². The Morgan fingerprint density at radius 3 is 2.43 bits per heavy atom. The first-order valence-corrected chi connectivity index (χ1v) is 9.27. The molecule has 1 N–H and O–H groups in total. The van der Waals surface area contributed by atoms with E-state index >= 15 is 0 Å². The van der Waals surface area contributed by atoms with Crippen molar-refractivity contribution in [3.63, 3.8) is 0 Å². The van der Waals surface area contributed by atoms with Crippen LogP contribution in [0.4, 0.5) is 5.69 Å². The highest BCUT2D eigenvalue weighted by Gasteiger charge is 2.20. The van der Waals surface area contributed by atoms with Crippen molar-refractivity contribution in [1.82, 2.24) is 4.72 Å². The highest BCUT2D eigenvalue weighted by atomic mass is 35.5. The molecular weight excluding hydrogens is 360 g/mol. The van der Waals surface area contributed by atoms with Crippen LogP contribution >= 0.6 is 23.4 Å². The fraction of sp³-hybridized carbons (Fsp3) is 0.143. The highest BCUT2D eigenvalue weighted by Crippen LogP contribution is 2.33. The van der Waals surface area contributed by atoms with Crippen LogP contribution in [0.15, 0.2) is 52.3 Å². The maximum Gasteiger partial charge on any atom is 0.284 e. The molecule has 6 nitrogen and oxygen atoms in total. The van der Waals surface area contributed by atoms with E-state index in [1.807, 2.05) is 12.1 Å². The predicted octanol–water partition coefficient (Wildman–Crippen LogP) is 3.45. The topological polar surface area (TPSA) is 89.3 Å². The molecule has 23 heavy (non-hydrogen) atoms. The standard InChI is InChI=1S/C14H13ClN2O4S2/c1-16-23(20,21)12-6-7-14(13(8-12)17(18)19)22-9-10-2-4-11(15)5-3-10/h2-8,16H,9H2,1H3. The number of thioether (sulfide) groups is 1. The normalized spacial score (nSPS) is 11.4. The van der Waals surface area contributed by atoms with E-state index in [0.29, 0.717) is 15.7 Å². The summed E-state index contributed by atoms with van der Waals surface area (Å²) in [6, 6.07) is 11.0. The maximum absolute atomic E-state index is 11.7. The molecule has 2 aromatic carbocycles. The average Bonchev–Trinajstić information content (AvgIpc) is 2.54. The first-order valence-electron chi connectivity index (χ1n) is 6.43. The van der Waals surface area contributed by atoms with Crippen LogP contribution in [0.3, 0.4) is 0 Å². The molecule has 0 aliphatic heterocycles. The Hall–Kier alpha value is -1.61. The minimum atomic E-state index is -3.72. The van der Waals surface area contributed by atoms with Gasteiger partial charge in [0, 0.05) is 16.8 Å². The lowest BCUT2D eigenvalue weighted by Gasteiger charge is -2.06. The molecule has 0 saturated carbocycles. The van der Waals surface area contributed by atoms with Crippen molar-refractivity contribution in [2.75, 3.05) is 7.05 Å². The van der Waals surface area contributed by atoms with Crippen LogP contribution < -0.4 is 4.72 Å². The minimum Gasteiger partial charge on any atom is -0.258 e. The molecule has 0 fully saturated rings. The summed E-state index contributed by atoms with van der Waals surface area (Å²) in [7, 11) is -2.47. The van der Waals surface area contributed by atoms with Crippen molar-refractivity contribution in [1.29, 1.82) is 0 Å². The molecule has 9 heteroatoms. The summed E-state index contributed by atoms with van der Waals surface area (Å²) >= 11 is 7.07. The molecule has 0 amide bonds. The van der Waals surface area contributed by atoms with Gasteiger partial charge in [0.05, 0.1) is 14.7 Å². The fourth-order valence-electron chi connectivity index (χ4n) is 1.79. The first-order chi connectivity index (χ1) is 10.8. The van der Waals surface area contributed by atoms with Gasteiger partial charge in [-0.25, -0.2) is 13.1 Å². The molecule has 0 aromatic heterocycles. The van der Waals surface area contributed by atoms with Crippen LogP contribution in [0.25, 0.3) is 0 Å². The van der Waals surface area contributed by atoms with E-state index in [9.17, 15) is 18.5 Å². The summed E-state index contributed by atoms with van der Waals surface area (Å²) in [5, 5.41) is 11.8. The molecule has 122 valence electrons. The quantitative estimate of drug-likeness (QED) is 0.476. The summed E-state index contributed by atoms with van der Waals surface area (Å²) in [5.74, 6) is 0.510. The molecule has 0 atom stereocenters. The molecule has 0 heterocycles. The van der Waals surface area contributed by atoms with Crippen LogP contribution in [0.1, 0.15) is 5.56 Å². The van der Waals surface area contributed by atoms with Gasteiger partial charge in [0.25, 0.3) is 5.69 Å². The van der Waals surface area contributed by atoms with Crippen LogP contribution in [0.5, 0.6) is 0 Å². The first kappa shape index (κ1) is 17.7. The Morgan fingerprint density at radius 1 is 1.22 bits per heavy atom. The zero-order valence-electron chi connectivity index (χ0n) is 12.0. The lowest BCUT2D eigenvalue weighted by molar-refractivity contribution is -0.388. The summed E-state index contributed by atoms with van der Waals surface area (Å²) in [6.07, 6.45) is 0. The summed E-state index contributed by atoms with van der Waals surface area (Å²) < 4.78 is 25.6. The van der Waals surface area contributed by atoms with Crippen LogP contribution in [-0.4, -0.2) is 20.4 Å². The van der Waals surface area contributed by atoms with Crippen molar-refractivity contribution in [2.45, 2.75) is 15.5 Å². The molecule has 0 unspecified atom stereocenters. The lowest BCUT2D eigenvalue weighted by atomic mass is 10.2. The Balaban J connectivity index is 2.28. The smallest absolute Gasteiger partial charge is 0.258 e. The number of rotatable bonds is 6. The monoisotopic (exact) mass is 372 g/mol. The third kappa shape index (κ3) is 4.44. The summed E-state index contributed by atoms with van der Waals surface area (Å²) in [6.45, 7) is 0. The van der Waals surface area contributed by atoms with E-state index in [0.717, 1.165) is 11.6 Å². The number of halogens is 1. The van der Waals surface area contributed by atoms with E-state index in [1.54, 1.807) is 12.1 Å². The van der Waals surface area contributed by atoms with Crippen LogP contribution in [-0.2, 0) is 15.8 Å². The zero-order chi connectivity index (χ0) is 17.0. The molecule has 2 aromatic rings. The third-order valence-corrected chi connectivity index (χ3v) is 5.81. The zero-order valence-corrected chi connectivity index (χ0v) is 14.4. The van der Waals surface area contributed by atoms with Gasteiger partial charge < -0.3 is 0 Å². The number of nitrogens with zero attached hydrogens (tertiary/aromatic N) is 1. The van der Waals surface area contributed by atoms with Gasteiger partial charge in [0.1, 0.15) is 0 Å². The van der Waals surface area contributed by atoms with Gasteiger partial charge in [-0.1, -0.05) is 23.7 Å². The van der Waals surface area contributed by atoms with Crippen molar-refractivity contribution in [3.8, 4) is 0 Å². The molecule has 0 bridgehead atoms. The van der Waals surface area contributed by atoms with Gasteiger partial charge in [-0.15, -0.1) is 11.8 Å². The summed E-state index contributed by atoms with van der Waals surface area (Å²) in [5.41, 5.74) is 0.723. The molecule has 0 aliphatic rings. The molecule has 0 radical (unpaired) electrons. The summed E-state index contributed by atoms with van der Waals surface area (Å²) in [4.78, 5) is 10.9. The molecule has 0 saturated heterocycles.